The third-order valence-electron chi connectivity index (χ3n) is 3.96. The molecule has 1 aromatic heterocycles. The number of H-pyrrole nitrogens is 1. The number of esters is 1. The summed E-state index contributed by atoms with van der Waals surface area (Å²) in [7, 11) is 4.43. The summed E-state index contributed by atoms with van der Waals surface area (Å²) in [6.07, 6.45) is 0. The highest BCUT2D eigenvalue weighted by Crippen LogP contribution is 2.27. The van der Waals surface area contributed by atoms with Crippen LogP contribution in [-0.2, 0) is 11.3 Å². The molecule has 0 aliphatic heterocycles. The lowest BCUT2D eigenvalue weighted by Crippen LogP contribution is -2.24. The van der Waals surface area contributed by atoms with Gasteiger partial charge >= 0.3 is 5.97 Å². The van der Waals surface area contributed by atoms with Crippen LogP contribution in [0.1, 0.15) is 37.7 Å². The van der Waals surface area contributed by atoms with Gasteiger partial charge in [0.15, 0.2) is 11.5 Å². The highest BCUT2D eigenvalue weighted by molar-refractivity contribution is 6.00. The van der Waals surface area contributed by atoms with Gasteiger partial charge in [-0.1, -0.05) is 6.07 Å². The first-order valence-corrected chi connectivity index (χ1v) is 7.69. The van der Waals surface area contributed by atoms with Crippen molar-refractivity contribution in [3.63, 3.8) is 0 Å². The SMILES string of the molecule is COC(=O)c1c(C)[nH]c(C(=O)NCc2ccc(OC)c(OC)c2)c1C. The molecule has 0 fully saturated rings. The van der Waals surface area contributed by atoms with Gasteiger partial charge in [-0.25, -0.2) is 4.79 Å². The highest BCUT2D eigenvalue weighted by Gasteiger charge is 2.22. The van der Waals surface area contributed by atoms with E-state index in [1.165, 1.54) is 7.11 Å². The molecular weight excluding hydrogens is 324 g/mol. The minimum atomic E-state index is -0.467. The minimum absolute atomic E-state index is 0.300. The van der Waals surface area contributed by atoms with Crippen molar-refractivity contribution in [3.05, 3.63) is 46.3 Å². The van der Waals surface area contributed by atoms with Gasteiger partial charge in [0.2, 0.25) is 0 Å². The van der Waals surface area contributed by atoms with Crippen molar-refractivity contribution < 1.29 is 23.8 Å². The van der Waals surface area contributed by atoms with Crippen molar-refractivity contribution in [2.75, 3.05) is 21.3 Å². The van der Waals surface area contributed by atoms with Crippen molar-refractivity contribution in [2.45, 2.75) is 20.4 Å². The van der Waals surface area contributed by atoms with E-state index in [0.717, 1.165) is 5.56 Å². The summed E-state index contributed by atoms with van der Waals surface area (Å²) in [5.41, 5.74) is 2.76. The van der Waals surface area contributed by atoms with Crippen LogP contribution in [-0.4, -0.2) is 38.2 Å². The van der Waals surface area contributed by atoms with Crippen LogP contribution in [0, 0.1) is 13.8 Å². The third-order valence-corrected chi connectivity index (χ3v) is 3.96. The molecule has 0 atom stereocenters. The summed E-state index contributed by atoms with van der Waals surface area (Å²) in [6.45, 7) is 3.75. The molecule has 0 spiro atoms. The number of aromatic amines is 1. The number of carbonyl (C=O) groups excluding carboxylic acids is 2. The molecule has 1 aromatic carbocycles. The number of carbonyl (C=O) groups is 2. The monoisotopic (exact) mass is 346 g/mol. The molecule has 134 valence electrons. The molecule has 2 rings (SSSR count). The van der Waals surface area contributed by atoms with Crippen molar-refractivity contribution in [2.24, 2.45) is 0 Å². The largest absolute Gasteiger partial charge is 0.493 e. The number of methoxy groups -OCH3 is 3. The van der Waals surface area contributed by atoms with E-state index in [-0.39, 0.29) is 5.91 Å². The van der Waals surface area contributed by atoms with Gasteiger partial charge in [-0.15, -0.1) is 0 Å². The summed E-state index contributed by atoms with van der Waals surface area (Å²) in [5.74, 6) is 0.445. The molecule has 7 heteroatoms. The quantitative estimate of drug-likeness (QED) is 0.784. The predicted octanol–water partition coefficient (Wildman–Crippen LogP) is 2.37. The normalized spacial score (nSPS) is 10.3. The van der Waals surface area contributed by atoms with E-state index < -0.39 is 5.97 Å². The number of aromatic nitrogens is 1. The molecule has 1 amide bonds. The molecule has 0 saturated heterocycles. The van der Waals surface area contributed by atoms with Gasteiger partial charge < -0.3 is 24.5 Å². The standard InChI is InChI=1S/C18H22N2O5/c1-10-15(18(22)25-5)11(2)20-16(10)17(21)19-9-12-6-7-13(23-3)14(8-12)24-4/h6-8,20H,9H2,1-5H3,(H,19,21). The Morgan fingerprint density at radius 2 is 1.76 bits per heavy atom. The first-order valence-electron chi connectivity index (χ1n) is 7.69. The van der Waals surface area contributed by atoms with Crippen LogP contribution in [0.3, 0.4) is 0 Å². The lowest BCUT2D eigenvalue weighted by molar-refractivity contribution is 0.0599. The number of benzene rings is 1. The second kappa shape index (κ2) is 7.74. The predicted molar refractivity (Wildman–Crippen MR) is 92.3 cm³/mol. The van der Waals surface area contributed by atoms with E-state index >= 15 is 0 Å². The van der Waals surface area contributed by atoms with Crippen molar-refractivity contribution >= 4 is 11.9 Å². The number of ether oxygens (including phenoxy) is 3. The van der Waals surface area contributed by atoms with Crippen molar-refractivity contribution in [3.8, 4) is 11.5 Å². The van der Waals surface area contributed by atoms with Crippen LogP contribution < -0.4 is 14.8 Å². The van der Waals surface area contributed by atoms with Gasteiger partial charge in [-0.05, 0) is 37.1 Å². The van der Waals surface area contributed by atoms with Crippen LogP contribution in [0.4, 0.5) is 0 Å². The average Bonchev–Trinajstić information content (AvgIpc) is 2.93. The zero-order chi connectivity index (χ0) is 18.6. The summed E-state index contributed by atoms with van der Waals surface area (Å²) in [6, 6.07) is 5.42. The summed E-state index contributed by atoms with van der Waals surface area (Å²) >= 11 is 0. The molecule has 0 unspecified atom stereocenters. The number of hydrogen-bond donors (Lipinski definition) is 2. The number of nitrogens with one attached hydrogen (secondary N) is 2. The first-order chi connectivity index (χ1) is 11.9. The van der Waals surface area contributed by atoms with Crippen LogP contribution in [0.5, 0.6) is 11.5 Å². The maximum absolute atomic E-state index is 12.4. The third kappa shape index (κ3) is 3.76. The Morgan fingerprint density at radius 3 is 2.36 bits per heavy atom. The lowest BCUT2D eigenvalue weighted by atomic mass is 10.1. The van der Waals surface area contributed by atoms with E-state index in [9.17, 15) is 9.59 Å². The van der Waals surface area contributed by atoms with Crippen molar-refractivity contribution in [1.82, 2.24) is 10.3 Å². The molecule has 2 N–H and O–H groups in total. The van der Waals surface area contributed by atoms with Gasteiger partial charge in [0, 0.05) is 12.2 Å². The average molecular weight is 346 g/mol. The Bertz CT molecular complexity index is 795. The van der Waals surface area contributed by atoms with Gasteiger partial charge in [0.25, 0.3) is 5.91 Å². The molecule has 25 heavy (non-hydrogen) atoms. The minimum Gasteiger partial charge on any atom is -0.493 e. The van der Waals surface area contributed by atoms with E-state index in [1.54, 1.807) is 40.2 Å². The topological polar surface area (TPSA) is 89.7 Å². The van der Waals surface area contributed by atoms with Gasteiger partial charge in [-0.3, -0.25) is 4.79 Å². The summed E-state index contributed by atoms with van der Waals surface area (Å²) in [4.78, 5) is 27.2. The second-order valence-electron chi connectivity index (χ2n) is 5.49. The fraction of sp³-hybridized carbons (Fsp3) is 0.333. The Morgan fingerprint density at radius 1 is 1.08 bits per heavy atom. The zero-order valence-electron chi connectivity index (χ0n) is 15.0. The molecule has 2 aromatic rings. The molecule has 1 heterocycles. The van der Waals surface area contributed by atoms with Crippen LogP contribution in [0.25, 0.3) is 0 Å². The summed E-state index contributed by atoms with van der Waals surface area (Å²) in [5, 5.41) is 2.82. The maximum Gasteiger partial charge on any atom is 0.339 e. The van der Waals surface area contributed by atoms with Gasteiger partial charge in [0.05, 0.1) is 26.9 Å². The molecule has 0 aliphatic rings. The number of hydrogen-bond acceptors (Lipinski definition) is 5. The number of aryl methyl sites for hydroxylation is 1. The van der Waals surface area contributed by atoms with Crippen LogP contribution in [0.15, 0.2) is 18.2 Å². The Kier molecular flexibility index (Phi) is 5.69. The highest BCUT2D eigenvalue weighted by atomic mass is 16.5. The Hall–Kier alpha value is -2.96. The molecule has 0 bridgehead atoms. The van der Waals surface area contributed by atoms with Gasteiger partial charge in [0.1, 0.15) is 5.69 Å². The Labute approximate surface area is 146 Å². The zero-order valence-corrected chi connectivity index (χ0v) is 15.0. The Balaban J connectivity index is 2.15. The van der Waals surface area contributed by atoms with E-state index in [1.807, 2.05) is 6.07 Å². The fourth-order valence-electron chi connectivity index (χ4n) is 2.65. The van der Waals surface area contributed by atoms with Crippen LogP contribution in [0.2, 0.25) is 0 Å². The summed E-state index contributed by atoms with van der Waals surface area (Å²) < 4.78 is 15.2. The molecule has 0 saturated carbocycles. The first kappa shape index (κ1) is 18.4. The molecule has 7 nitrogen and oxygen atoms in total. The van der Waals surface area contributed by atoms with Gasteiger partial charge in [-0.2, -0.15) is 0 Å². The number of amides is 1. The molecular formula is C18H22N2O5. The smallest absolute Gasteiger partial charge is 0.339 e. The lowest BCUT2D eigenvalue weighted by Gasteiger charge is -2.10. The van der Waals surface area contributed by atoms with Crippen LogP contribution >= 0.6 is 0 Å². The fourth-order valence-corrected chi connectivity index (χ4v) is 2.65. The van der Waals surface area contributed by atoms with E-state index in [2.05, 4.69) is 10.3 Å². The van der Waals surface area contributed by atoms with Crippen molar-refractivity contribution in [1.29, 1.82) is 0 Å². The second-order valence-corrected chi connectivity index (χ2v) is 5.49. The number of rotatable bonds is 6. The molecule has 0 aliphatic carbocycles. The maximum atomic E-state index is 12.4. The van der Waals surface area contributed by atoms with E-state index in [4.69, 9.17) is 14.2 Å². The molecule has 0 radical (unpaired) electrons. The van der Waals surface area contributed by atoms with E-state index in [0.29, 0.717) is 40.6 Å².